The number of amides is 1. The largest absolute Gasteiger partial charge is 0.493 e. The Kier molecular flexibility index (Phi) is 5.47. The van der Waals surface area contributed by atoms with Gasteiger partial charge in [-0.1, -0.05) is 18.2 Å². The highest BCUT2D eigenvalue weighted by Crippen LogP contribution is 2.15. The summed E-state index contributed by atoms with van der Waals surface area (Å²) in [5.74, 6) is 1.74. The van der Waals surface area contributed by atoms with Gasteiger partial charge in [0.15, 0.2) is 0 Å². The van der Waals surface area contributed by atoms with Crippen molar-refractivity contribution in [2.24, 2.45) is 0 Å². The van der Waals surface area contributed by atoms with Crippen LogP contribution in [-0.2, 0) is 4.79 Å². The summed E-state index contributed by atoms with van der Waals surface area (Å²) in [7, 11) is 0. The standard InChI is InChI=1S/C19H20N4O2/c20-14-16-6-7-18(21-15-16)22-9-11-23(12-10-22)19(24)8-13-25-17-4-2-1-3-5-17/h1-7,15H,8-13H2. The summed E-state index contributed by atoms with van der Waals surface area (Å²) in [4.78, 5) is 20.6. The quantitative estimate of drug-likeness (QED) is 0.836. The molecule has 6 nitrogen and oxygen atoms in total. The van der Waals surface area contributed by atoms with Crippen LogP contribution in [0.2, 0.25) is 0 Å². The lowest BCUT2D eigenvalue weighted by molar-refractivity contribution is -0.132. The Morgan fingerprint density at radius 1 is 1.12 bits per heavy atom. The molecule has 1 aliphatic heterocycles. The van der Waals surface area contributed by atoms with E-state index in [4.69, 9.17) is 10.00 Å². The highest BCUT2D eigenvalue weighted by Gasteiger charge is 2.21. The molecule has 0 N–H and O–H groups in total. The van der Waals surface area contributed by atoms with Crippen LogP contribution in [0, 0.1) is 11.3 Å². The Morgan fingerprint density at radius 3 is 2.52 bits per heavy atom. The lowest BCUT2D eigenvalue weighted by Crippen LogP contribution is -2.49. The predicted octanol–water partition coefficient (Wildman–Crippen LogP) is 2.07. The van der Waals surface area contributed by atoms with Gasteiger partial charge in [0.1, 0.15) is 17.6 Å². The first-order valence-corrected chi connectivity index (χ1v) is 8.33. The molecule has 1 fully saturated rings. The number of ether oxygens (including phenoxy) is 1. The molecular weight excluding hydrogens is 316 g/mol. The molecule has 1 aliphatic rings. The lowest BCUT2D eigenvalue weighted by atomic mass is 10.2. The third-order valence-electron chi connectivity index (χ3n) is 4.16. The van der Waals surface area contributed by atoms with Crippen molar-refractivity contribution in [1.29, 1.82) is 5.26 Å². The number of carbonyl (C=O) groups excluding carboxylic acids is 1. The lowest BCUT2D eigenvalue weighted by Gasteiger charge is -2.35. The van der Waals surface area contributed by atoms with Gasteiger partial charge >= 0.3 is 0 Å². The van der Waals surface area contributed by atoms with Crippen LogP contribution in [0.1, 0.15) is 12.0 Å². The maximum atomic E-state index is 12.3. The van der Waals surface area contributed by atoms with E-state index >= 15 is 0 Å². The van der Waals surface area contributed by atoms with Crippen molar-refractivity contribution < 1.29 is 9.53 Å². The van der Waals surface area contributed by atoms with Gasteiger partial charge in [-0.3, -0.25) is 4.79 Å². The van der Waals surface area contributed by atoms with E-state index in [1.54, 1.807) is 12.3 Å². The highest BCUT2D eigenvalue weighted by molar-refractivity contribution is 5.76. The van der Waals surface area contributed by atoms with Gasteiger partial charge in [-0.05, 0) is 24.3 Å². The molecule has 25 heavy (non-hydrogen) atoms. The van der Waals surface area contributed by atoms with E-state index < -0.39 is 0 Å². The molecule has 0 radical (unpaired) electrons. The fourth-order valence-electron chi connectivity index (χ4n) is 2.76. The molecule has 0 saturated carbocycles. The van der Waals surface area contributed by atoms with Gasteiger partial charge < -0.3 is 14.5 Å². The maximum Gasteiger partial charge on any atom is 0.226 e. The minimum Gasteiger partial charge on any atom is -0.493 e. The summed E-state index contributed by atoms with van der Waals surface area (Å²) in [6, 6.07) is 15.2. The molecule has 128 valence electrons. The van der Waals surface area contributed by atoms with Gasteiger partial charge in [-0.15, -0.1) is 0 Å². The van der Waals surface area contributed by atoms with Crippen LogP contribution >= 0.6 is 0 Å². The number of benzene rings is 1. The van der Waals surface area contributed by atoms with Gasteiger partial charge in [-0.2, -0.15) is 5.26 Å². The van der Waals surface area contributed by atoms with Crippen molar-refractivity contribution in [3.05, 3.63) is 54.2 Å². The molecule has 0 aliphatic carbocycles. The molecule has 1 aromatic heterocycles. The Morgan fingerprint density at radius 2 is 1.88 bits per heavy atom. The summed E-state index contributed by atoms with van der Waals surface area (Å²) in [5.41, 5.74) is 0.552. The normalized spacial score (nSPS) is 14.0. The Bertz CT molecular complexity index is 732. The fourth-order valence-corrected chi connectivity index (χ4v) is 2.76. The second-order valence-corrected chi connectivity index (χ2v) is 5.80. The molecule has 0 unspecified atom stereocenters. The Hall–Kier alpha value is -3.07. The van der Waals surface area contributed by atoms with E-state index in [9.17, 15) is 4.79 Å². The van der Waals surface area contributed by atoms with E-state index in [1.807, 2.05) is 41.3 Å². The van der Waals surface area contributed by atoms with Crippen LogP contribution in [0.25, 0.3) is 0 Å². The van der Waals surface area contributed by atoms with Gasteiger partial charge in [0, 0.05) is 32.4 Å². The van der Waals surface area contributed by atoms with Crippen molar-refractivity contribution in [3.8, 4) is 11.8 Å². The van der Waals surface area contributed by atoms with Crippen molar-refractivity contribution in [3.63, 3.8) is 0 Å². The second-order valence-electron chi connectivity index (χ2n) is 5.80. The SMILES string of the molecule is N#Cc1ccc(N2CCN(C(=O)CCOc3ccccc3)CC2)nc1. The molecule has 2 heterocycles. The second kappa shape index (κ2) is 8.15. The van der Waals surface area contributed by atoms with Gasteiger partial charge in [-0.25, -0.2) is 4.98 Å². The zero-order valence-electron chi connectivity index (χ0n) is 14.0. The minimum absolute atomic E-state index is 0.114. The third-order valence-corrected chi connectivity index (χ3v) is 4.16. The molecule has 0 bridgehead atoms. The average molecular weight is 336 g/mol. The van der Waals surface area contributed by atoms with Crippen LogP contribution in [0.5, 0.6) is 5.75 Å². The number of anilines is 1. The molecular formula is C19H20N4O2. The fraction of sp³-hybridized carbons (Fsp3) is 0.316. The van der Waals surface area contributed by atoms with Crippen molar-refractivity contribution in [1.82, 2.24) is 9.88 Å². The Balaban J connectivity index is 1.43. The molecule has 6 heteroatoms. The molecule has 3 rings (SSSR count). The number of nitriles is 1. The van der Waals surface area contributed by atoms with Crippen molar-refractivity contribution in [2.75, 3.05) is 37.7 Å². The summed E-state index contributed by atoms with van der Waals surface area (Å²) < 4.78 is 5.59. The maximum absolute atomic E-state index is 12.3. The van der Waals surface area contributed by atoms with Gasteiger partial charge in [0.25, 0.3) is 0 Å². The topological polar surface area (TPSA) is 69.5 Å². The smallest absolute Gasteiger partial charge is 0.226 e. The van der Waals surface area contributed by atoms with E-state index in [1.165, 1.54) is 0 Å². The Labute approximate surface area is 147 Å². The van der Waals surface area contributed by atoms with Crippen LogP contribution in [0.3, 0.4) is 0 Å². The van der Waals surface area contributed by atoms with Crippen molar-refractivity contribution in [2.45, 2.75) is 6.42 Å². The predicted molar refractivity (Wildman–Crippen MR) is 94.3 cm³/mol. The summed E-state index contributed by atoms with van der Waals surface area (Å²) in [6.45, 7) is 3.21. The number of aromatic nitrogens is 1. The van der Waals surface area contributed by atoms with E-state index in [0.29, 0.717) is 31.7 Å². The highest BCUT2D eigenvalue weighted by atomic mass is 16.5. The number of para-hydroxylation sites is 1. The summed E-state index contributed by atoms with van der Waals surface area (Å²) in [6.07, 6.45) is 1.96. The third kappa shape index (κ3) is 4.48. The van der Waals surface area contributed by atoms with Crippen LogP contribution < -0.4 is 9.64 Å². The summed E-state index contributed by atoms with van der Waals surface area (Å²) in [5, 5.41) is 8.82. The van der Waals surface area contributed by atoms with E-state index in [0.717, 1.165) is 24.7 Å². The first-order chi connectivity index (χ1) is 12.3. The minimum atomic E-state index is 0.114. The number of hydrogen-bond donors (Lipinski definition) is 0. The molecule has 0 atom stereocenters. The number of rotatable bonds is 5. The number of piperazine rings is 1. The molecule has 0 spiro atoms. The number of pyridine rings is 1. The first-order valence-electron chi connectivity index (χ1n) is 8.33. The van der Waals surface area contributed by atoms with Crippen LogP contribution in [0.4, 0.5) is 5.82 Å². The number of carbonyl (C=O) groups is 1. The van der Waals surface area contributed by atoms with Crippen LogP contribution in [0.15, 0.2) is 48.7 Å². The average Bonchev–Trinajstić information content (AvgIpc) is 2.69. The molecule has 1 saturated heterocycles. The molecule has 2 aromatic rings. The van der Waals surface area contributed by atoms with Crippen LogP contribution in [-0.4, -0.2) is 48.6 Å². The first kappa shape index (κ1) is 16.8. The van der Waals surface area contributed by atoms with E-state index in [-0.39, 0.29) is 5.91 Å². The van der Waals surface area contributed by atoms with E-state index in [2.05, 4.69) is 16.0 Å². The molecule has 1 amide bonds. The summed E-state index contributed by atoms with van der Waals surface area (Å²) >= 11 is 0. The zero-order chi connectivity index (χ0) is 17.5. The number of nitrogens with zero attached hydrogens (tertiary/aromatic N) is 4. The monoisotopic (exact) mass is 336 g/mol. The molecule has 1 aromatic carbocycles. The van der Waals surface area contributed by atoms with Crippen molar-refractivity contribution >= 4 is 11.7 Å². The van der Waals surface area contributed by atoms with Gasteiger partial charge in [0.05, 0.1) is 18.6 Å². The van der Waals surface area contributed by atoms with Gasteiger partial charge in [0.2, 0.25) is 5.91 Å². The number of hydrogen-bond acceptors (Lipinski definition) is 5. The zero-order valence-corrected chi connectivity index (χ0v) is 14.0.